The molecule has 0 spiro atoms. The summed E-state index contributed by atoms with van der Waals surface area (Å²) in [5.74, 6) is 1.63. The molecule has 1 amide bonds. The Kier molecular flexibility index (Phi) is 11.2. The van der Waals surface area contributed by atoms with Crippen LogP contribution in [0.2, 0.25) is 0 Å². The Labute approximate surface area is 179 Å². The maximum atomic E-state index is 12.4. The summed E-state index contributed by atoms with van der Waals surface area (Å²) in [6, 6.07) is 6.69. The average Bonchev–Trinajstić information content (AvgIpc) is 2.67. The van der Waals surface area contributed by atoms with Crippen LogP contribution in [-0.4, -0.2) is 18.6 Å². The number of carbonyl (C=O) groups excluding carboxylic acids is 1. The molecule has 29 heavy (non-hydrogen) atoms. The third kappa shape index (κ3) is 9.69. The molecule has 0 atom stereocenters. The summed E-state index contributed by atoms with van der Waals surface area (Å²) in [6.45, 7) is 7.16. The van der Waals surface area contributed by atoms with E-state index in [-0.39, 0.29) is 5.91 Å². The van der Waals surface area contributed by atoms with Crippen LogP contribution in [0, 0.1) is 6.92 Å². The van der Waals surface area contributed by atoms with Gasteiger partial charge in [-0.1, -0.05) is 77.7 Å². The number of benzene rings is 1. The van der Waals surface area contributed by atoms with Gasteiger partial charge in [0, 0.05) is 12.5 Å². The van der Waals surface area contributed by atoms with Gasteiger partial charge in [0.05, 0.1) is 6.61 Å². The second-order valence-electron chi connectivity index (χ2n) is 9.15. The molecule has 3 heteroatoms. The lowest BCUT2D eigenvalue weighted by atomic mass is 9.98. The topological polar surface area (TPSA) is 38.3 Å². The van der Waals surface area contributed by atoms with Crippen molar-refractivity contribution >= 4 is 5.91 Å². The van der Waals surface area contributed by atoms with E-state index in [9.17, 15) is 4.79 Å². The van der Waals surface area contributed by atoms with Gasteiger partial charge in [-0.15, -0.1) is 0 Å². The van der Waals surface area contributed by atoms with Crippen molar-refractivity contribution in [2.75, 3.05) is 6.61 Å². The quantitative estimate of drug-likeness (QED) is 0.496. The molecule has 1 N–H and O–H groups in total. The monoisotopic (exact) mass is 401 g/mol. The van der Waals surface area contributed by atoms with Crippen LogP contribution in [-0.2, 0) is 4.79 Å². The molecule has 0 saturated heterocycles. The van der Waals surface area contributed by atoms with Crippen molar-refractivity contribution in [3.8, 4) is 5.75 Å². The Balaban J connectivity index is 1.67. The molecule has 1 aromatic rings. The largest absolute Gasteiger partial charge is 0.494 e. The van der Waals surface area contributed by atoms with Crippen LogP contribution >= 0.6 is 0 Å². The minimum absolute atomic E-state index is 0.192. The molecule has 0 bridgehead atoms. The van der Waals surface area contributed by atoms with E-state index in [4.69, 9.17) is 4.74 Å². The van der Waals surface area contributed by atoms with E-state index in [2.05, 4.69) is 38.2 Å². The summed E-state index contributed by atoms with van der Waals surface area (Å²) in [5, 5.41) is 3.30. The summed E-state index contributed by atoms with van der Waals surface area (Å²) in [5.41, 5.74) is 2.64. The zero-order valence-electron chi connectivity index (χ0n) is 19.1. The number of carbonyl (C=O) groups is 1. The minimum Gasteiger partial charge on any atom is -0.494 e. The molecule has 1 aromatic carbocycles. The molecule has 0 unspecified atom stereocenters. The van der Waals surface area contributed by atoms with Crippen LogP contribution in [0.5, 0.6) is 5.75 Å². The van der Waals surface area contributed by atoms with Gasteiger partial charge in [0.2, 0.25) is 5.91 Å². The first kappa shape index (κ1) is 23.8. The van der Waals surface area contributed by atoms with E-state index in [0.29, 0.717) is 25.0 Å². The van der Waals surface area contributed by atoms with Crippen LogP contribution < -0.4 is 10.1 Å². The highest BCUT2D eigenvalue weighted by Gasteiger charge is 2.13. The summed E-state index contributed by atoms with van der Waals surface area (Å²) < 4.78 is 5.87. The maximum Gasteiger partial charge on any atom is 0.220 e. The highest BCUT2D eigenvalue weighted by Crippen LogP contribution is 2.23. The molecular formula is C26H43NO2. The molecule has 0 heterocycles. The number of ether oxygens (including phenoxy) is 1. The number of nitrogens with one attached hydrogen (secondary N) is 1. The van der Waals surface area contributed by atoms with Gasteiger partial charge in [0.1, 0.15) is 5.75 Å². The predicted molar refractivity (Wildman–Crippen MR) is 123 cm³/mol. The highest BCUT2D eigenvalue weighted by atomic mass is 16.5. The Bertz CT molecular complexity index is 584. The lowest BCUT2D eigenvalue weighted by Crippen LogP contribution is -2.35. The zero-order valence-corrected chi connectivity index (χ0v) is 19.1. The van der Waals surface area contributed by atoms with Crippen molar-refractivity contribution in [2.45, 2.75) is 116 Å². The molecule has 3 nitrogen and oxygen atoms in total. The molecule has 164 valence electrons. The second-order valence-corrected chi connectivity index (χ2v) is 9.15. The van der Waals surface area contributed by atoms with Crippen LogP contribution in [0.25, 0.3) is 0 Å². The lowest BCUT2D eigenvalue weighted by molar-refractivity contribution is -0.122. The van der Waals surface area contributed by atoms with Crippen molar-refractivity contribution in [3.63, 3.8) is 0 Å². The van der Waals surface area contributed by atoms with Crippen molar-refractivity contribution in [3.05, 3.63) is 29.3 Å². The fourth-order valence-electron chi connectivity index (χ4n) is 4.42. The number of aryl methyl sites for hydroxylation is 1. The molecule has 0 aliphatic heterocycles. The molecule has 1 aliphatic rings. The first-order valence-corrected chi connectivity index (χ1v) is 12.1. The fourth-order valence-corrected chi connectivity index (χ4v) is 4.42. The Morgan fingerprint density at radius 2 is 1.59 bits per heavy atom. The molecule has 1 fully saturated rings. The van der Waals surface area contributed by atoms with E-state index in [1.165, 1.54) is 68.9 Å². The van der Waals surface area contributed by atoms with E-state index in [1.807, 2.05) is 6.07 Å². The van der Waals surface area contributed by atoms with Crippen LogP contribution in [0.4, 0.5) is 0 Å². The summed E-state index contributed by atoms with van der Waals surface area (Å²) in [7, 11) is 0. The SMILES string of the molecule is Cc1cc(OCCCC(=O)NC2CCCCCCCCCCC2)ccc1C(C)C. The standard InChI is InChI=1S/C26H43NO2/c1-21(2)25-18-17-24(20-22(25)3)29-19-13-16-26(28)27-23-14-11-9-7-5-4-6-8-10-12-15-23/h17-18,20-21,23H,4-16,19H2,1-3H3,(H,27,28). The molecule has 0 aromatic heterocycles. The zero-order chi connectivity index (χ0) is 20.9. The van der Waals surface area contributed by atoms with Gasteiger partial charge >= 0.3 is 0 Å². The highest BCUT2D eigenvalue weighted by molar-refractivity contribution is 5.76. The number of hydrogen-bond donors (Lipinski definition) is 1. The summed E-state index contributed by atoms with van der Waals surface area (Å²) in [4.78, 5) is 12.4. The van der Waals surface area contributed by atoms with E-state index < -0.39 is 0 Å². The third-order valence-corrected chi connectivity index (χ3v) is 6.15. The van der Waals surface area contributed by atoms with Crippen molar-refractivity contribution in [2.24, 2.45) is 0 Å². The third-order valence-electron chi connectivity index (χ3n) is 6.15. The summed E-state index contributed by atoms with van der Waals surface area (Å²) in [6.07, 6.45) is 15.6. The van der Waals surface area contributed by atoms with Gasteiger partial charge in [-0.25, -0.2) is 0 Å². The van der Waals surface area contributed by atoms with Gasteiger partial charge in [-0.05, 0) is 55.4 Å². The van der Waals surface area contributed by atoms with E-state index in [0.717, 1.165) is 25.0 Å². The summed E-state index contributed by atoms with van der Waals surface area (Å²) >= 11 is 0. The normalized spacial score (nSPS) is 17.4. The van der Waals surface area contributed by atoms with Crippen molar-refractivity contribution in [1.82, 2.24) is 5.32 Å². The van der Waals surface area contributed by atoms with Crippen molar-refractivity contribution in [1.29, 1.82) is 0 Å². The molecule has 0 radical (unpaired) electrons. The van der Waals surface area contributed by atoms with E-state index in [1.54, 1.807) is 0 Å². The average molecular weight is 402 g/mol. The lowest BCUT2D eigenvalue weighted by Gasteiger charge is -2.19. The predicted octanol–water partition coefficient (Wildman–Crippen LogP) is 7.07. The maximum absolute atomic E-state index is 12.4. The van der Waals surface area contributed by atoms with Gasteiger partial charge in [0.25, 0.3) is 0 Å². The smallest absolute Gasteiger partial charge is 0.220 e. The first-order chi connectivity index (χ1) is 14.1. The van der Waals surface area contributed by atoms with Crippen LogP contribution in [0.1, 0.15) is 114 Å². The van der Waals surface area contributed by atoms with Gasteiger partial charge in [0.15, 0.2) is 0 Å². The van der Waals surface area contributed by atoms with Crippen LogP contribution in [0.15, 0.2) is 18.2 Å². The Hall–Kier alpha value is -1.51. The minimum atomic E-state index is 0.192. The molecule has 2 rings (SSSR count). The van der Waals surface area contributed by atoms with Crippen molar-refractivity contribution < 1.29 is 9.53 Å². The fraction of sp³-hybridized carbons (Fsp3) is 0.731. The molecular weight excluding hydrogens is 358 g/mol. The van der Waals surface area contributed by atoms with E-state index >= 15 is 0 Å². The molecule has 1 saturated carbocycles. The number of hydrogen-bond acceptors (Lipinski definition) is 2. The Morgan fingerprint density at radius 1 is 1.00 bits per heavy atom. The molecule has 1 aliphatic carbocycles. The van der Waals surface area contributed by atoms with Gasteiger partial charge < -0.3 is 10.1 Å². The Morgan fingerprint density at radius 3 is 2.14 bits per heavy atom. The second kappa shape index (κ2) is 13.7. The van der Waals surface area contributed by atoms with Gasteiger partial charge in [-0.3, -0.25) is 4.79 Å². The number of rotatable bonds is 7. The van der Waals surface area contributed by atoms with Gasteiger partial charge in [-0.2, -0.15) is 0 Å². The first-order valence-electron chi connectivity index (χ1n) is 12.1. The van der Waals surface area contributed by atoms with Crippen LogP contribution in [0.3, 0.4) is 0 Å². The number of amides is 1.